The van der Waals surface area contributed by atoms with Gasteiger partial charge in [-0.3, -0.25) is 4.79 Å². The van der Waals surface area contributed by atoms with E-state index in [-0.39, 0.29) is 11.9 Å². The molecule has 1 fully saturated rings. The predicted molar refractivity (Wildman–Crippen MR) is 111 cm³/mol. The summed E-state index contributed by atoms with van der Waals surface area (Å²) in [6, 6.07) is 14.3. The molecule has 0 aromatic heterocycles. The Morgan fingerprint density at radius 3 is 2.68 bits per heavy atom. The van der Waals surface area contributed by atoms with E-state index in [0.29, 0.717) is 38.1 Å². The first-order valence-corrected chi connectivity index (χ1v) is 10.3. The van der Waals surface area contributed by atoms with Crippen molar-refractivity contribution in [1.29, 1.82) is 0 Å². The van der Waals surface area contributed by atoms with Crippen LogP contribution in [0.4, 0.5) is 5.69 Å². The van der Waals surface area contributed by atoms with E-state index in [1.165, 1.54) is 11.1 Å². The van der Waals surface area contributed by atoms with Crippen molar-refractivity contribution in [3.05, 3.63) is 76.3 Å². The molecule has 1 aliphatic carbocycles. The van der Waals surface area contributed by atoms with Crippen LogP contribution in [0.15, 0.2) is 54.6 Å². The van der Waals surface area contributed by atoms with E-state index in [0.717, 1.165) is 22.7 Å². The van der Waals surface area contributed by atoms with Crippen LogP contribution in [0.3, 0.4) is 0 Å². The lowest BCUT2D eigenvalue weighted by atomic mass is 9.76. The highest BCUT2D eigenvalue weighted by Gasteiger charge is 2.39. The van der Waals surface area contributed by atoms with E-state index in [1.807, 2.05) is 29.2 Å². The summed E-state index contributed by atoms with van der Waals surface area (Å²) >= 11 is 6.10. The molecule has 3 unspecified atom stereocenters. The SMILES string of the molecule is O=C(c1cccc2c1NC(c1ccc(Cl)cc1)C1CC=CC21)N1CCOCC1. The average Bonchev–Trinajstić information content (AvgIpc) is 3.24. The van der Waals surface area contributed by atoms with Gasteiger partial charge >= 0.3 is 0 Å². The Morgan fingerprint density at radius 1 is 1.11 bits per heavy atom. The van der Waals surface area contributed by atoms with Crippen molar-refractivity contribution >= 4 is 23.2 Å². The number of halogens is 1. The highest BCUT2D eigenvalue weighted by atomic mass is 35.5. The van der Waals surface area contributed by atoms with Gasteiger partial charge in [0.1, 0.15) is 0 Å². The van der Waals surface area contributed by atoms with Crippen LogP contribution in [0.2, 0.25) is 5.02 Å². The number of hydrogen-bond acceptors (Lipinski definition) is 3. The van der Waals surface area contributed by atoms with Crippen molar-refractivity contribution in [2.75, 3.05) is 31.6 Å². The molecule has 2 aromatic carbocycles. The summed E-state index contributed by atoms with van der Waals surface area (Å²) in [5, 5.41) is 4.47. The fourth-order valence-electron chi connectivity index (χ4n) is 4.74. The minimum atomic E-state index is 0.0860. The first-order valence-electron chi connectivity index (χ1n) is 9.91. The maximum Gasteiger partial charge on any atom is 0.256 e. The highest BCUT2D eigenvalue weighted by Crippen LogP contribution is 2.50. The number of nitrogens with zero attached hydrogens (tertiary/aromatic N) is 1. The van der Waals surface area contributed by atoms with Gasteiger partial charge in [-0.1, -0.05) is 48.0 Å². The number of nitrogens with one attached hydrogen (secondary N) is 1. The number of ether oxygens (including phenoxy) is 1. The number of allylic oxidation sites excluding steroid dienone is 2. The maximum atomic E-state index is 13.2. The number of amides is 1. The molecule has 0 spiro atoms. The van der Waals surface area contributed by atoms with Crippen molar-refractivity contribution in [3.63, 3.8) is 0 Å². The number of anilines is 1. The van der Waals surface area contributed by atoms with E-state index in [4.69, 9.17) is 16.3 Å². The normalized spacial score (nSPS) is 25.8. The predicted octanol–water partition coefficient (Wildman–Crippen LogP) is 4.64. The molecule has 2 aromatic rings. The Kier molecular flexibility index (Phi) is 4.61. The van der Waals surface area contributed by atoms with Crippen molar-refractivity contribution in [2.45, 2.75) is 18.4 Å². The summed E-state index contributed by atoms with van der Waals surface area (Å²) in [6.07, 6.45) is 5.60. The zero-order valence-corrected chi connectivity index (χ0v) is 16.4. The molecule has 2 aliphatic heterocycles. The summed E-state index contributed by atoms with van der Waals surface area (Å²) in [5.74, 6) is 0.861. The van der Waals surface area contributed by atoms with E-state index >= 15 is 0 Å². The minimum absolute atomic E-state index is 0.0860. The van der Waals surface area contributed by atoms with Crippen LogP contribution >= 0.6 is 11.6 Å². The van der Waals surface area contributed by atoms with Gasteiger partial charge in [0.25, 0.3) is 5.91 Å². The number of benzene rings is 2. The van der Waals surface area contributed by atoms with Gasteiger partial charge in [0, 0.05) is 24.0 Å². The highest BCUT2D eigenvalue weighted by molar-refractivity contribution is 6.30. The van der Waals surface area contributed by atoms with Crippen molar-refractivity contribution < 1.29 is 9.53 Å². The summed E-state index contributed by atoms with van der Waals surface area (Å²) in [4.78, 5) is 15.1. The van der Waals surface area contributed by atoms with Gasteiger partial charge in [-0.05, 0) is 41.7 Å². The van der Waals surface area contributed by atoms with Crippen LogP contribution in [0.1, 0.15) is 39.9 Å². The number of fused-ring (bicyclic) bond motifs is 3. The first-order chi connectivity index (χ1) is 13.7. The van der Waals surface area contributed by atoms with Gasteiger partial charge in [0.15, 0.2) is 0 Å². The smallest absolute Gasteiger partial charge is 0.256 e. The molecule has 5 heteroatoms. The minimum Gasteiger partial charge on any atom is -0.378 e. The van der Waals surface area contributed by atoms with Crippen LogP contribution in [0.25, 0.3) is 0 Å². The molecule has 144 valence electrons. The second kappa shape index (κ2) is 7.26. The molecule has 0 saturated carbocycles. The van der Waals surface area contributed by atoms with Gasteiger partial charge < -0.3 is 15.0 Å². The zero-order valence-electron chi connectivity index (χ0n) is 15.6. The standard InChI is InChI=1S/C23H23ClN2O2/c24-16-9-7-15(8-10-16)21-18-4-1-3-17(18)19-5-2-6-20(22(19)25-21)23(27)26-11-13-28-14-12-26/h1-3,5-10,17-18,21,25H,4,11-14H2. The summed E-state index contributed by atoms with van der Waals surface area (Å²) in [5.41, 5.74) is 4.18. The topological polar surface area (TPSA) is 41.6 Å². The van der Waals surface area contributed by atoms with Gasteiger partial charge in [-0.25, -0.2) is 0 Å². The lowest BCUT2D eigenvalue weighted by molar-refractivity contribution is 0.0303. The Morgan fingerprint density at radius 2 is 1.89 bits per heavy atom. The molecule has 1 saturated heterocycles. The number of carbonyl (C=O) groups is 1. The third-order valence-electron chi connectivity index (χ3n) is 6.15. The Bertz CT molecular complexity index is 919. The number of morpholine rings is 1. The average molecular weight is 395 g/mol. The van der Waals surface area contributed by atoms with Crippen LogP contribution in [0.5, 0.6) is 0 Å². The second-order valence-electron chi connectivity index (χ2n) is 7.70. The summed E-state index contributed by atoms with van der Waals surface area (Å²) in [6.45, 7) is 2.51. The molecular formula is C23H23ClN2O2. The molecule has 28 heavy (non-hydrogen) atoms. The Labute approximate surface area is 170 Å². The zero-order chi connectivity index (χ0) is 19.1. The largest absolute Gasteiger partial charge is 0.378 e. The summed E-state index contributed by atoms with van der Waals surface area (Å²) in [7, 11) is 0. The Balaban J connectivity index is 1.55. The fraction of sp³-hybridized carbons (Fsp3) is 0.348. The quantitative estimate of drug-likeness (QED) is 0.754. The number of hydrogen-bond donors (Lipinski definition) is 1. The second-order valence-corrected chi connectivity index (χ2v) is 8.14. The van der Waals surface area contributed by atoms with Crippen LogP contribution in [-0.2, 0) is 4.74 Å². The van der Waals surface area contributed by atoms with Crippen LogP contribution in [-0.4, -0.2) is 37.1 Å². The number of para-hydroxylation sites is 1. The summed E-state index contributed by atoms with van der Waals surface area (Å²) < 4.78 is 5.41. The van der Waals surface area contributed by atoms with Gasteiger partial charge in [0.2, 0.25) is 0 Å². The third-order valence-corrected chi connectivity index (χ3v) is 6.41. The van der Waals surface area contributed by atoms with Crippen molar-refractivity contribution in [2.24, 2.45) is 5.92 Å². The monoisotopic (exact) mass is 394 g/mol. The van der Waals surface area contributed by atoms with Crippen molar-refractivity contribution in [1.82, 2.24) is 4.90 Å². The molecule has 0 radical (unpaired) electrons. The lowest BCUT2D eigenvalue weighted by Crippen LogP contribution is -2.41. The molecule has 3 aliphatic rings. The first kappa shape index (κ1) is 17.8. The van der Waals surface area contributed by atoms with Crippen molar-refractivity contribution in [3.8, 4) is 0 Å². The van der Waals surface area contributed by atoms with E-state index < -0.39 is 0 Å². The maximum absolute atomic E-state index is 13.2. The molecule has 3 atom stereocenters. The van der Waals surface area contributed by atoms with Gasteiger partial charge in [-0.2, -0.15) is 0 Å². The molecule has 4 nitrogen and oxygen atoms in total. The van der Waals surface area contributed by atoms with E-state index in [2.05, 4.69) is 35.7 Å². The number of carbonyl (C=O) groups excluding carboxylic acids is 1. The number of rotatable bonds is 2. The molecule has 5 rings (SSSR count). The van der Waals surface area contributed by atoms with Gasteiger partial charge in [0.05, 0.1) is 30.5 Å². The third kappa shape index (κ3) is 3.01. The molecule has 1 amide bonds. The Hall–Kier alpha value is -2.30. The molecule has 2 heterocycles. The molecule has 1 N–H and O–H groups in total. The molecular weight excluding hydrogens is 372 g/mol. The lowest BCUT2D eigenvalue weighted by Gasteiger charge is -2.39. The van der Waals surface area contributed by atoms with Crippen LogP contribution in [0, 0.1) is 5.92 Å². The molecule has 0 bridgehead atoms. The van der Waals surface area contributed by atoms with E-state index in [1.54, 1.807) is 0 Å². The van der Waals surface area contributed by atoms with E-state index in [9.17, 15) is 4.79 Å². The van der Waals surface area contributed by atoms with Crippen LogP contribution < -0.4 is 5.32 Å². The van der Waals surface area contributed by atoms with Gasteiger partial charge in [-0.15, -0.1) is 0 Å². The fourth-order valence-corrected chi connectivity index (χ4v) is 4.86.